The number of hydrogen-bond acceptors (Lipinski definition) is 5. The van der Waals surface area contributed by atoms with Crippen molar-refractivity contribution in [2.75, 3.05) is 20.3 Å². The maximum atomic E-state index is 10.7. The lowest BCUT2D eigenvalue weighted by molar-refractivity contribution is 0.0538. The maximum absolute atomic E-state index is 10.7. The van der Waals surface area contributed by atoms with Crippen LogP contribution in [0.1, 0.15) is 36.9 Å². The molecule has 0 bridgehead atoms. The van der Waals surface area contributed by atoms with Gasteiger partial charge < -0.3 is 19.9 Å². The monoisotopic (exact) mass is 333 g/mol. The lowest BCUT2D eigenvalue weighted by Gasteiger charge is -2.27. The Bertz CT molecular complexity index is 640. The minimum atomic E-state index is -0.883. The molecule has 0 radical (unpaired) electrons. The van der Waals surface area contributed by atoms with Crippen LogP contribution in [0, 0.1) is 0 Å². The van der Waals surface area contributed by atoms with E-state index in [2.05, 4.69) is 5.32 Å². The van der Waals surface area contributed by atoms with Crippen LogP contribution in [0.15, 0.2) is 35.0 Å². The number of methoxy groups -OCH3 is 1. The van der Waals surface area contributed by atoms with Crippen molar-refractivity contribution < 1.29 is 14.6 Å². The SMILES string of the molecule is COc1ccc2c(c1)C(NCC(C)(O)c1ccsc1)CCCO2. The Balaban J connectivity index is 1.78. The molecule has 2 aromatic rings. The summed E-state index contributed by atoms with van der Waals surface area (Å²) in [4.78, 5) is 0. The normalized spacial score (nSPS) is 20.0. The molecule has 1 aliphatic heterocycles. The number of hydrogen-bond donors (Lipinski definition) is 2. The minimum absolute atomic E-state index is 0.146. The second kappa shape index (κ2) is 6.91. The summed E-state index contributed by atoms with van der Waals surface area (Å²) in [7, 11) is 1.67. The Labute approximate surface area is 141 Å². The number of rotatable bonds is 5. The zero-order valence-corrected chi connectivity index (χ0v) is 14.4. The third-order valence-corrected chi connectivity index (χ3v) is 5.01. The predicted molar refractivity (Wildman–Crippen MR) is 92.4 cm³/mol. The van der Waals surface area contributed by atoms with Crippen LogP contribution in [0.2, 0.25) is 0 Å². The number of ether oxygens (including phenoxy) is 2. The minimum Gasteiger partial charge on any atom is -0.497 e. The molecule has 124 valence electrons. The highest BCUT2D eigenvalue weighted by molar-refractivity contribution is 7.08. The molecular formula is C18H23NO3S. The van der Waals surface area contributed by atoms with Crippen LogP contribution in [0.5, 0.6) is 11.5 Å². The van der Waals surface area contributed by atoms with Crippen molar-refractivity contribution in [1.29, 1.82) is 0 Å². The van der Waals surface area contributed by atoms with Crippen molar-refractivity contribution in [2.24, 2.45) is 0 Å². The molecule has 4 nitrogen and oxygen atoms in total. The van der Waals surface area contributed by atoms with Gasteiger partial charge in [-0.25, -0.2) is 0 Å². The summed E-state index contributed by atoms with van der Waals surface area (Å²) < 4.78 is 11.2. The van der Waals surface area contributed by atoms with E-state index in [1.807, 2.05) is 41.9 Å². The first-order valence-corrected chi connectivity index (χ1v) is 8.83. The van der Waals surface area contributed by atoms with Gasteiger partial charge >= 0.3 is 0 Å². The zero-order chi connectivity index (χ0) is 16.3. The summed E-state index contributed by atoms with van der Waals surface area (Å²) in [5.41, 5.74) is 1.17. The van der Waals surface area contributed by atoms with Crippen molar-refractivity contribution >= 4 is 11.3 Å². The predicted octanol–water partition coefficient (Wildman–Crippen LogP) is 3.47. The molecule has 0 aliphatic carbocycles. The van der Waals surface area contributed by atoms with Crippen LogP contribution in [0.25, 0.3) is 0 Å². The lowest BCUT2D eigenvalue weighted by atomic mass is 9.96. The van der Waals surface area contributed by atoms with Gasteiger partial charge in [0.15, 0.2) is 0 Å². The van der Waals surface area contributed by atoms with Crippen LogP contribution >= 0.6 is 11.3 Å². The fourth-order valence-corrected chi connectivity index (χ4v) is 3.67. The van der Waals surface area contributed by atoms with Gasteiger partial charge in [0.1, 0.15) is 17.1 Å². The summed E-state index contributed by atoms with van der Waals surface area (Å²) in [5, 5.41) is 18.2. The molecule has 2 unspecified atom stereocenters. The molecular weight excluding hydrogens is 310 g/mol. The quantitative estimate of drug-likeness (QED) is 0.880. The first-order valence-electron chi connectivity index (χ1n) is 7.89. The number of benzene rings is 1. The average molecular weight is 333 g/mol. The molecule has 2 heterocycles. The molecule has 1 aliphatic rings. The lowest BCUT2D eigenvalue weighted by Crippen LogP contribution is -2.37. The summed E-state index contributed by atoms with van der Waals surface area (Å²) in [6, 6.07) is 8.03. The van der Waals surface area contributed by atoms with E-state index in [0.29, 0.717) is 6.54 Å². The summed E-state index contributed by atoms with van der Waals surface area (Å²) in [6.45, 7) is 3.06. The van der Waals surface area contributed by atoms with Crippen LogP contribution in [-0.4, -0.2) is 25.4 Å². The van der Waals surface area contributed by atoms with Gasteiger partial charge in [-0.15, -0.1) is 0 Å². The van der Waals surface area contributed by atoms with Gasteiger partial charge in [-0.2, -0.15) is 11.3 Å². The molecule has 2 atom stereocenters. The van der Waals surface area contributed by atoms with Crippen LogP contribution in [0.3, 0.4) is 0 Å². The van der Waals surface area contributed by atoms with Crippen LogP contribution in [0.4, 0.5) is 0 Å². The smallest absolute Gasteiger partial charge is 0.124 e. The Morgan fingerprint density at radius 1 is 1.43 bits per heavy atom. The van der Waals surface area contributed by atoms with Gasteiger partial charge in [-0.3, -0.25) is 0 Å². The third-order valence-electron chi connectivity index (χ3n) is 4.32. The summed E-state index contributed by atoms with van der Waals surface area (Å²) in [5.74, 6) is 1.72. The van der Waals surface area contributed by atoms with E-state index in [1.165, 1.54) is 0 Å². The van der Waals surface area contributed by atoms with Crippen molar-refractivity contribution in [2.45, 2.75) is 31.4 Å². The van der Waals surface area contributed by atoms with E-state index >= 15 is 0 Å². The van der Waals surface area contributed by atoms with Gasteiger partial charge in [0.05, 0.1) is 13.7 Å². The van der Waals surface area contributed by atoms with Gasteiger partial charge in [-0.1, -0.05) is 0 Å². The van der Waals surface area contributed by atoms with E-state index in [-0.39, 0.29) is 6.04 Å². The molecule has 23 heavy (non-hydrogen) atoms. The van der Waals surface area contributed by atoms with E-state index < -0.39 is 5.60 Å². The molecule has 1 aromatic carbocycles. The fraction of sp³-hybridized carbons (Fsp3) is 0.444. The number of fused-ring (bicyclic) bond motifs is 1. The second-order valence-corrected chi connectivity index (χ2v) is 6.89. The van der Waals surface area contributed by atoms with Crippen LogP contribution < -0.4 is 14.8 Å². The molecule has 3 rings (SSSR count). The molecule has 0 saturated heterocycles. The zero-order valence-electron chi connectivity index (χ0n) is 13.5. The average Bonchev–Trinajstić information content (AvgIpc) is 3.02. The third kappa shape index (κ3) is 3.68. The largest absolute Gasteiger partial charge is 0.497 e. The van der Waals surface area contributed by atoms with Crippen LogP contribution in [-0.2, 0) is 5.60 Å². The van der Waals surface area contributed by atoms with Gasteiger partial charge in [-0.05, 0) is 60.4 Å². The van der Waals surface area contributed by atoms with Gasteiger partial charge in [0.25, 0.3) is 0 Å². The van der Waals surface area contributed by atoms with Crippen molar-refractivity contribution in [3.8, 4) is 11.5 Å². The van der Waals surface area contributed by atoms with Crippen molar-refractivity contribution in [3.63, 3.8) is 0 Å². The fourth-order valence-electron chi connectivity index (χ4n) is 2.89. The van der Waals surface area contributed by atoms with E-state index in [9.17, 15) is 5.11 Å². The van der Waals surface area contributed by atoms with Crippen molar-refractivity contribution in [1.82, 2.24) is 5.32 Å². The van der Waals surface area contributed by atoms with E-state index in [0.717, 1.165) is 42.1 Å². The van der Waals surface area contributed by atoms with E-state index in [4.69, 9.17) is 9.47 Å². The summed E-state index contributed by atoms with van der Waals surface area (Å²) in [6.07, 6.45) is 1.95. The van der Waals surface area contributed by atoms with E-state index in [1.54, 1.807) is 18.4 Å². The molecule has 0 saturated carbocycles. The molecule has 1 aromatic heterocycles. The first-order chi connectivity index (χ1) is 11.1. The topological polar surface area (TPSA) is 50.7 Å². The molecule has 0 amide bonds. The van der Waals surface area contributed by atoms with Gasteiger partial charge in [0, 0.05) is 18.2 Å². The Hall–Kier alpha value is -1.56. The van der Waals surface area contributed by atoms with Crippen molar-refractivity contribution in [3.05, 3.63) is 46.2 Å². The first kappa shape index (κ1) is 16.3. The second-order valence-electron chi connectivity index (χ2n) is 6.11. The highest BCUT2D eigenvalue weighted by Gasteiger charge is 2.27. The molecule has 2 N–H and O–H groups in total. The van der Waals surface area contributed by atoms with Gasteiger partial charge in [0.2, 0.25) is 0 Å². The Kier molecular flexibility index (Phi) is 4.90. The number of nitrogens with one attached hydrogen (secondary N) is 1. The molecule has 0 spiro atoms. The Morgan fingerprint density at radius 2 is 2.30 bits per heavy atom. The highest BCUT2D eigenvalue weighted by atomic mass is 32.1. The molecule has 5 heteroatoms. The maximum Gasteiger partial charge on any atom is 0.124 e. The number of thiophene rings is 1. The molecule has 0 fully saturated rings. The number of aliphatic hydroxyl groups is 1. The summed E-state index contributed by atoms with van der Waals surface area (Å²) >= 11 is 1.60. The standard InChI is InChI=1S/C18H23NO3S/c1-18(20,13-7-9-23-11-13)12-19-16-4-3-8-22-17-6-5-14(21-2)10-15(16)17/h5-7,9-11,16,19-20H,3-4,8,12H2,1-2H3. The highest BCUT2D eigenvalue weighted by Crippen LogP contribution is 2.35. The Morgan fingerprint density at radius 3 is 3.04 bits per heavy atom.